The van der Waals surface area contributed by atoms with Crippen molar-refractivity contribution in [2.75, 3.05) is 23.3 Å². The Morgan fingerprint density at radius 1 is 0.972 bits per heavy atom. The molecule has 1 N–H and O–H groups in total. The zero-order valence-electron chi connectivity index (χ0n) is 21.3. The van der Waals surface area contributed by atoms with Gasteiger partial charge in [-0.1, -0.05) is 61.4 Å². The van der Waals surface area contributed by atoms with Crippen molar-refractivity contribution in [1.29, 1.82) is 0 Å². The Balaban J connectivity index is 1.28. The van der Waals surface area contributed by atoms with E-state index < -0.39 is 0 Å². The Labute approximate surface area is 220 Å². The van der Waals surface area contributed by atoms with Gasteiger partial charge in [0, 0.05) is 41.9 Å². The summed E-state index contributed by atoms with van der Waals surface area (Å²) in [6.07, 6.45) is 7.96. The third kappa shape index (κ3) is 6.32. The number of rotatable bonds is 9. The standard InChI is InChI=1S/C31H37N3OS/c1-2-33-19-9-12-26-20-25(17-18-30(26)33)23-34(28-14-6-7-15-28)36-29-16-8-13-27(22-29)32-31(35)21-24-10-4-3-5-11-24/h3-5,8,10-11,13,16-18,20,22,28H,2,6-7,9,12,14-15,19,21,23H2,1H3,(H,32,35). The van der Waals surface area contributed by atoms with Crippen LogP contribution in [0.3, 0.4) is 0 Å². The molecule has 0 spiro atoms. The summed E-state index contributed by atoms with van der Waals surface area (Å²) >= 11 is 1.84. The van der Waals surface area contributed by atoms with Crippen molar-refractivity contribution < 1.29 is 4.79 Å². The zero-order chi connectivity index (χ0) is 24.7. The van der Waals surface area contributed by atoms with Gasteiger partial charge in [-0.25, -0.2) is 4.31 Å². The van der Waals surface area contributed by atoms with E-state index in [0.717, 1.165) is 24.3 Å². The number of hydrogen-bond donors (Lipinski definition) is 1. The summed E-state index contributed by atoms with van der Waals surface area (Å²) in [5.41, 5.74) is 6.21. The fourth-order valence-electron chi connectivity index (χ4n) is 5.52. The molecule has 2 aliphatic rings. The molecule has 36 heavy (non-hydrogen) atoms. The number of nitrogens with zero attached hydrogens (tertiary/aromatic N) is 2. The molecule has 1 amide bonds. The number of hydrogen-bond acceptors (Lipinski definition) is 4. The Morgan fingerprint density at radius 2 is 1.81 bits per heavy atom. The van der Waals surface area contributed by atoms with E-state index in [4.69, 9.17) is 0 Å². The first-order chi connectivity index (χ1) is 17.7. The summed E-state index contributed by atoms with van der Waals surface area (Å²) in [6, 6.07) is 25.9. The van der Waals surface area contributed by atoms with Gasteiger partial charge in [0.25, 0.3) is 0 Å². The smallest absolute Gasteiger partial charge is 0.228 e. The number of fused-ring (bicyclic) bond motifs is 1. The third-order valence-corrected chi connectivity index (χ3v) is 8.49. The first-order valence-corrected chi connectivity index (χ1v) is 14.2. The molecule has 0 bridgehead atoms. The van der Waals surface area contributed by atoms with Crippen LogP contribution in [0.25, 0.3) is 0 Å². The highest BCUT2D eigenvalue weighted by molar-refractivity contribution is 7.97. The van der Waals surface area contributed by atoms with E-state index in [1.54, 1.807) is 0 Å². The van der Waals surface area contributed by atoms with E-state index in [2.05, 4.69) is 51.8 Å². The van der Waals surface area contributed by atoms with Gasteiger partial charge in [0.2, 0.25) is 5.91 Å². The number of carbonyl (C=O) groups is 1. The molecule has 0 radical (unpaired) electrons. The second-order valence-electron chi connectivity index (χ2n) is 9.99. The van der Waals surface area contributed by atoms with Gasteiger partial charge >= 0.3 is 0 Å². The summed E-state index contributed by atoms with van der Waals surface area (Å²) < 4.78 is 2.58. The second kappa shape index (κ2) is 12.0. The number of anilines is 2. The van der Waals surface area contributed by atoms with Crippen LogP contribution in [0.5, 0.6) is 0 Å². The topological polar surface area (TPSA) is 35.6 Å². The van der Waals surface area contributed by atoms with Crippen LogP contribution in [0.15, 0.2) is 77.7 Å². The molecule has 3 aromatic carbocycles. The minimum absolute atomic E-state index is 0.0196. The molecule has 1 heterocycles. The van der Waals surface area contributed by atoms with E-state index in [1.165, 1.54) is 66.8 Å². The van der Waals surface area contributed by atoms with E-state index in [0.29, 0.717) is 12.5 Å². The normalized spacial score (nSPS) is 15.8. The van der Waals surface area contributed by atoms with Gasteiger partial charge in [-0.3, -0.25) is 4.79 Å². The van der Waals surface area contributed by atoms with Crippen LogP contribution in [0.1, 0.15) is 55.7 Å². The van der Waals surface area contributed by atoms with Gasteiger partial charge in [-0.05, 0) is 85.5 Å². The highest BCUT2D eigenvalue weighted by atomic mass is 32.2. The molecule has 1 saturated carbocycles. The molecule has 3 aromatic rings. The average Bonchev–Trinajstić information content (AvgIpc) is 3.44. The maximum atomic E-state index is 12.6. The Bertz CT molecular complexity index is 1160. The number of benzene rings is 3. The number of aryl methyl sites for hydroxylation is 1. The Kier molecular flexibility index (Phi) is 8.29. The molecule has 0 saturated heterocycles. The van der Waals surface area contributed by atoms with Crippen molar-refractivity contribution in [2.24, 2.45) is 0 Å². The van der Waals surface area contributed by atoms with Crippen LogP contribution in [0.4, 0.5) is 11.4 Å². The van der Waals surface area contributed by atoms with Gasteiger partial charge in [-0.15, -0.1) is 0 Å². The molecule has 0 aromatic heterocycles. The monoisotopic (exact) mass is 499 g/mol. The molecular formula is C31H37N3OS. The lowest BCUT2D eigenvalue weighted by Gasteiger charge is -2.32. The van der Waals surface area contributed by atoms with Gasteiger partial charge in [0.05, 0.1) is 6.42 Å². The summed E-state index contributed by atoms with van der Waals surface area (Å²) in [6.45, 7) is 5.44. The molecule has 5 rings (SSSR count). The molecule has 1 fully saturated rings. The van der Waals surface area contributed by atoms with Gasteiger partial charge in [-0.2, -0.15) is 0 Å². The van der Waals surface area contributed by atoms with Crippen molar-refractivity contribution in [3.05, 3.63) is 89.5 Å². The van der Waals surface area contributed by atoms with Crippen LogP contribution in [0, 0.1) is 0 Å². The summed E-state index contributed by atoms with van der Waals surface area (Å²) in [7, 11) is 0. The average molecular weight is 500 g/mol. The lowest BCUT2D eigenvalue weighted by molar-refractivity contribution is -0.115. The third-order valence-electron chi connectivity index (χ3n) is 7.36. The number of nitrogens with one attached hydrogen (secondary N) is 1. The summed E-state index contributed by atoms with van der Waals surface area (Å²) in [5.74, 6) is 0.0196. The molecule has 0 atom stereocenters. The Morgan fingerprint density at radius 3 is 2.61 bits per heavy atom. The molecule has 0 unspecified atom stereocenters. The fraction of sp³-hybridized carbons (Fsp3) is 0.387. The van der Waals surface area contributed by atoms with Crippen LogP contribution >= 0.6 is 11.9 Å². The first kappa shape index (κ1) is 24.9. The van der Waals surface area contributed by atoms with Crippen LogP contribution in [0.2, 0.25) is 0 Å². The van der Waals surface area contributed by atoms with Crippen LogP contribution in [-0.4, -0.2) is 29.3 Å². The van der Waals surface area contributed by atoms with Crippen molar-refractivity contribution >= 4 is 29.2 Å². The maximum absolute atomic E-state index is 12.6. The summed E-state index contributed by atoms with van der Waals surface area (Å²) in [5, 5.41) is 3.09. The maximum Gasteiger partial charge on any atom is 0.228 e. The minimum Gasteiger partial charge on any atom is -0.372 e. The predicted molar refractivity (Wildman–Crippen MR) is 152 cm³/mol. The van der Waals surface area contributed by atoms with Crippen molar-refractivity contribution in [2.45, 2.75) is 69.4 Å². The molecule has 4 nitrogen and oxygen atoms in total. The van der Waals surface area contributed by atoms with Crippen LogP contribution in [-0.2, 0) is 24.2 Å². The second-order valence-corrected chi connectivity index (χ2v) is 11.1. The lowest BCUT2D eigenvalue weighted by Crippen LogP contribution is -2.29. The zero-order valence-corrected chi connectivity index (χ0v) is 22.1. The molecule has 188 valence electrons. The van der Waals surface area contributed by atoms with E-state index in [1.807, 2.05) is 54.4 Å². The highest BCUT2D eigenvalue weighted by Crippen LogP contribution is 2.36. The van der Waals surface area contributed by atoms with Crippen molar-refractivity contribution in [1.82, 2.24) is 4.31 Å². The number of carbonyl (C=O) groups excluding carboxylic acids is 1. The van der Waals surface area contributed by atoms with E-state index >= 15 is 0 Å². The summed E-state index contributed by atoms with van der Waals surface area (Å²) in [4.78, 5) is 16.3. The molecule has 1 aliphatic carbocycles. The molecule has 1 aliphatic heterocycles. The minimum atomic E-state index is 0.0196. The lowest BCUT2D eigenvalue weighted by atomic mass is 9.99. The van der Waals surface area contributed by atoms with Crippen molar-refractivity contribution in [3.8, 4) is 0 Å². The highest BCUT2D eigenvalue weighted by Gasteiger charge is 2.25. The largest absolute Gasteiger partial charge is 0.372 e. The SMILES string of the molecule is CCN1CCCc2cc(CN(Sc3cccc(NC(=O)Cc4ccccc4)c3)C3CCCC3)ccc21. The first-order valence-electron chi connectivity index (χ1n) is 13.4. The van der Waals surface area contributed by atoms with E-state index in [-0.39, 0.29) is 5.91 Å². The predicted octanol–water partition coefficient (Wildman–Crippen LogP) is 7.09. The van der Waals surface area contributed by atoms with Gasteiger partial charge in [0.15, 0.2) is 0 Å². The van der Waals surface area contributed by atoms with Crippen molar-refractivity contribution in [3.63, 3.8) is 0 Å². The van der Waals surface area contributed by atoms with Gasteiger partial charge < -0.3 is 10.2 Å². The fourth-order valence-corrected chi connectivity index (χ4v) is 6.68. The quantitative estimate of drug-likeness (QED) is 0.319. The Hall–Kier alpha value is -2.76. The molecule has 5 heteroatoms. The number of amides is 1. The van der Waals surface area contributed by atoms with Gasteiger partial charge in [0.1, 0.15) is 0 Å². The molecular weight excluding hydrogens is 462 g/mol. The van der Waals surface area contributed by atoms with Crippen LogP contribution < -0.4 is 10.2 Å². The van der Waals surface area contributed by atoms with E-state index in [9.17, 15) is 4.79 Å².